The molecule has 0 fully saturated rings. The van der Waals surface area contributed by atoms with Crippen LogP contribution in [-0.4, -0.2) is 0 Å². The van der Waals surface area contributed by atoms with Gasteiger partial charge >= 0.3 is 0 Å². The van der Waals surface area contributed by atoms with E-state index >= 15 is 0 Å². The Bertz CT molecular complexity index is 3230. The Kier molecular flexibility index (Phi) is 8.76. The lowest BCUT2D eigenvalue weighted by atomic mass is 9.70. The molecule has 0 radical (unpaired) electrons. The monoisotopic (exact) mass is 802 g/mol. The molecular weight excluding hydrogens is 761 g/mol. The summed E-state index contributed by atoms with van der Waals surface area (Å²) in [6.07, 6.45) is 0. The fourth-order valence-electron chi connectivity index (χ4n) is 10.5. The topological polar surface area (TPSA) is 6.48 Å². The average molecular weight is 803 g/mol. The highest BCUT2D eigenvalue weighted by Gasteiger charge is 2.52. The van der Waals surface area contributed by atoms with Gasteiger partial charge in [-0.05, 0) is 116 Å². The summed E-state index contributed by atoms with van der Waals surface area (Å²) in [6, 6.07) is 93.2. The van der Waals surface area contributed by atoms with Crippen LogP contribution in [0.5, 0.6) is 0 Å². The molecule has 1 unspecified atom stereocenters. The highest BCUT2D eigenvalue weighted by molar-refractivity contribution is 6.02. The number of fused-ring (bicyclic) bond motifs is 10. The Morgan fingerprint density at radius 2 is 0.667 bits per heavy atom. The summed E-state index contributed by atoms with van der Waals surface area (Å²) in [4.78, 5) is 4.88. The molecule has 2 aliphatic carbocycles. The molecule has 10 aromatic carbocycles. The summed E-state index contributed by atoms with van der Waals surface area (Å²) in [5, 5.41) is 0. The van der Waals surface area contributed by atoms with E-state index in [0.29, 0.717) is 0 Å². The van der Waals surface area contributed by atoms with E-state index in [4.69, 9.17) is 0 Å². The molecule has 1 atom stereocenters. The molecule has 2 aliphatic rings. The molecule has 0 aromatic heterocycles. The van der Waals surface area contributed by atoms with Crippen LogP contribution in [-0.2, 0) is 5.41 Å². The normalized spacial score (nSPS) is 14.1. The van der Waals surface area contributed by atoms with Crippen molar-refractivity contribution in [3.05, 3.63) is 277 Å². The fourth-order valence-corrected chi connectivity index (χ4v) is 10.5. The van der Waals surface area contributed by atoms with Crippen molar-refractivity contribution >= 4 is 34.1 Å². The van der Waals surface area contributed by atoms with E-state index < -0.39 is 5.41 Å². The number of nitrogens with zero attached hydrogens (tertiary/aromatic N) is 2. The first kappa shape index (κ1) is 36.6. The lowest BCUT2D eigenvalue weighted by molar-refractivity contribution is 0.793. The van der Waals surface area contributed by atoms with Gasteiger partial charge in [0.15, 0.2) is 0 Å². The van der Waals surface area contributed by atoms with Gasteiger partial charge in [0.1, 0.15) is 0 Å². The molecule has 63 heavy (non-hydrogen) atoms. The number of benzene rings is 10. The first-order valence-corrected chi connectivity index (χ1v) is 21.8. The molecule has 10 aromatic rings. The van der Waals surface area contributed by atoms with Crippen LogP contribution >= 0.6 is 0 Å². The highest BCUT2D eigenvalue weighted by atomic mass is 15.2. The smallest absolute Gasteiger partial charge is 0.0727 e. The highest BCUT2D eigenvalue weighted by Crippen LogP contribution is 2.65. The predicted octanol–water partition coefficient (Wildman–Crippen LogP) is 16.3. The van der Waals surface area contributed by atoms with Crippen molar-refractivity contribution in [2.75, 3.05) is 9.80 Å². The summed E-state index contributed by atoms with van der Waals surface area (Å²) in [7, 11) is 0. The third-order valence-corrected chi connectivity index (χ3v) is 13.1. The van der Waals surface area contributed by atoms with Crippen molar-refractivity contribution in [3.8, 4) is 44.5 Å². The Labute approximate surface area is 369 Å². The Hall–Kier alpha value is -8.20. The Morgan fingerprint density at radius 1 is 0.238 bits per heavy atom. The van der Waals surface area contributed by atoms with E-state index in [1.165, 1.54) is 66.8 Å². The van der Waals surface area contributed by atoms with Gasteiger partial charge < -0.3 is 9.80 Å². The van der Waals surface area contributed by atoms with Gasteiger partial charge in [-0.3, -0.25) is 0 Å². The van der Waals surface area contributed by atoms with Crippen LogP contribution < -0.4 is 9.80 Å². The lowest BCUT2D eigenvalue weighted by Crippen LogP contribution is -2.26. The SMILES string of the molecule is c1ccc(-c2ccc(N(c3ccc4c(c3)C3(c5ccccc5-4)c4ccccc4-c4c(N(c5ccccc5)c5ccccc5)cccc43)c3ccccc3-c3ccccc3)cc2)cc1. The van der Waals surface area contributed by atoms with E-state index in [2.05, 4.69) is 265 Å². The van der Waals surface area contributed by atoms with E-state index in [-0.39, 0.29) is 0 Å². The van der Waals surface area contributed by atoms with Gasteiger partial charge in [-0.25, -0.2) is 0 Å². The molecule has 0 bridgehead atoms. The minimum absolute atomic E-state index is 0.565. The van der Waals surface area contributed by atoms with Gasteiger partial charge in [0.2, 0.25) is 0 Å². The third kappa shape index (κ3) is 5.80. The molecule has 2 nitrogen and oxygen atoms in total. The van der Waals surface area contributed by atoms with Crippen LogP contribution in [0.1, 0.15) is 22.3 Å². The van der Waals surface area contributed by atoms with Crippen LogP contribution in [0.3, 0.4) is 0 Å². The van der Waals surface area contributed by atoms with Gasteiger partial charge in [-0.15, -0.1) is 0 Å². The molecule has 0 saturated heterocycles. The second kappa shape index (κ2) is 15.1. The number of anilines is 6. The van der Waals surface area contributed by atoms with E-state index in [1.807, 2.05) is 0 Å². The van der Waals surface area contributed by atoms with Crippen LogP contribution in [0.2, 0.25) is 0 Å². The lowest BCUT2D eigenvalue weighted by Gasteiger charge is -2.33. The summed E-state index contributed by atoms with van der Waals surface area (Å²) >= 11 is 0. The van der Waals surface area contributed by atoms with Gasteiger partial charge in [0, 0.05) is 33.9 Å². The van der Waals surface area contributed by atoms with Crippen LogP contribution in [0, 0.1) is 0 Å². The number of hydrogen-bond acceptors (Lipinski definition) is 2. The van der Waals surface area contributed by atoms with Crippen molar-refractivity contribution in [2.24, 2.45) is 0 Å². The molecule has 0 N–H and O–H groups in total. The second-order valence-corrected chi connectivity index (χ2v) is 16.4. The maximum Gasteiger partial charge on any atom is 0.0727 e. The molecular formula is C61H42N2. The van der Waals surface area contributed by atoms with Crippen molar-refractivity contribution < 1.29 is 0 Å². The second-order valence-electron chi connectivity index (χ2n) is 16.4. The zero-order chi connectivity index (χ0) is 41.7. The summed E-state index contributed by atoms with van der Waals surface area (Å²) in [5.74, 6) is 0. The summed E-state index contributed by atoms with van der Waals surface area (Å²) in [5.41, 5.74) is 21.2. The summed E-state index contributed by atoms with van der Waals surface area (Å²) < 4.78 is 0. The first-order chi connectivity index (χ1) is 31.3. The minimum Gasteiger partial charge on any atom is -0.310 e. The molecule has 0 saturated carbocycles. The number of hydrogen-bond donors (Lipinski definition) is 0. The molecule has 296 valence electrons. The quantitative estimate of drug-likeness (QED) is 0.151. The minimum atomic E-state index is -0.565. The fraction of sp³-hybridized carbons (Fsp3) is 0.0164. The van der Waals surface area contributed by atoms with Crippen molar-refractivity contribution in [2.45, 2.75) is 5.41 Å². The molecule has 1 spiro atoms. The van der Waals surface area contributed by atoms with E-state index in [9.17, 15) is 0 Å². The first-order valence-electron chi connectivity index (χ1n) is 21.8. The molecule has 0 heterocycles. The van der Waals surface area contributed by atoms with Gasteiger partial charge in [0.25, 0.3) is 0 Å². The standard InChI is InChI=1S/C61H42N2/c1-5-20-43(21-6-1)44-36-38-48(39-37-44)63(58-34-18-15-28-50(58)45-22-7-2-8-23-45)49-40-41-52-51-29-13-16-31-54(51)61(57(52)42-49)55-32-17-14-30-53(55)60-56(61)33-19-35-59(60)62(46-24-9-3-10-25-46)47-26-11-4-12-27-47/h1-42H. The van der Waals surface area contributed by atoms with E-state index in [0.717, 1.165) is 34.1 Å². The molecule has 12 rings (SSSR count). The summed E-state index contributed by atoms with van der Waals surface area (Å²) in [6.45, 7) is 0. The molecule has 2 heteroatoms. The Balaban J connectivity index is 1.12. The number of para-hydroxylation sites is 3. The largest absolute Gasteiger partial charge is 0.310 e. The van der Waals surface area contributed by atoms with Crippen LogP contribution in [0.25, 0.3) is 44.5 Å². The predicted molar refractivity (Wildman–Crippen MR) is 263 cm³/mol. The van der Waals surface area contributed by atoms with Crippen molar-refractivity contribution in [3.63, 3.8) is 0 Å². The average Bonchev–Trinajstić information content (AvgIpc) is 3.83. The van der Waals surface area contributed by atoms with Crippen LogP contribution in [0.4, 0.5) is 34.1 Å². The van der Waals surface area contributed by atoms with Crippen LogP contribution in [0.15, 0.2) is 255 Å². The maximum atomic E-state index is 2.49. The zero-order valence-corrected chi connectivity index (χ0v) is 34.6. The Morgan fingerprint density at radius 3 is 1.33 bits per heavy atom. The maximum absolute atomic E-state index is 2.49. The van der Waals surface area contributed by atoms with Crippen molar-refractivity contribution in [1.29, 1.82) is 0 Å². The van der Waals surface area contributed by atoms with Gasteiger partial charge in [-0.1, -0.05) is 194 Å². The van der Waals surface area contributed by atoms with Gasteiger partial charge in [-0.2, -0.15) is 0 Å². The molecule has 0 aliphatic heterocycles. The van der Waals surface area contributed by atoms with E-state index in [1.54, 1.807) is 0 Å². The van der Waals surface area contributed by atoms with Crippen molar-refractivity contribution in [1.82, 2.24) is 0 Å². The van der Waals surface area contributed by atoms with Gasteiger partial charge in [0.05, 0.1) is 16.8 Å². The third-order valence-electron chi connectivity index (χ3n) is 13.1. The molecule has 0 amide bonds. The number of rotatable bonds is 8. The zero-order valence-electron chi connectivity index (χ0n) is 34.6.